The van der Waals surface area contributed by atoms with Gasteiger partial charge in [-0.1, -0.05) is 44.1 Å². The van der Waals surface area contributed by atoms with Crippen molar-refractivity contribution in [1.29, 1.82) is 0 Å². The fourth-order valence-electron chi connectivity index (χ4n) is 21.8. The Kier molecular flexibility index (Phi) is 2.79. The van der Waals surface area contributed by atoms with Gasteiger partial charge in [0.2, 0.25) is 5.91 Å². The van der Waals surface area contributed by atoms with E-state index >= 15 is 0 Å². The van der Waals surface area contributed by atoms with Gasteiger partial charge in [0.25, 0.3) is 0 Å². The minimum Gasteiger partial charge on any atom is -0.390 e. The highest BCUT2D eigenvalue weighted by atomic mass is 32.2. The number of aliphatic hydroxyl groups is 1. The molecule has 14 rings (SSSR count). The SMILES string of the molecule is CCCCNC(=O)C(N)CCSCC(O)COC12C/C=C\C34C=C5C6C7C8[C@@H]9CC%10%11C89C78C56C5(C3)C43CC1C3(C2%10C)C%1158. The van der Waals surface area contributed by atoms with Crippen molar-refractivity contribution in [3.8, 4) is 0 Å². The number of carbonyl (C=O) groups excluding carboxylic acids is 1. The number of nitrogens with one attached hydrogen (secondary N) is 1. The van der Waals surface area contributed by atoms with Crippen LogP contribution in [0.15, 0.2) is 23.8 Å². The van der Waals surface area contributed by atoms with Gasteiger partial charge >= 0.3 is 0 Å². The molecule has 18 atom stereocenters. The molecule has 4 bridgehead atoms. The summed E-state index contributed by atoms with van der Waals surface area (Å²) in [5.74, 6) is 6.47. The van der Waals surface area contributed by atoms with Crippen molar-refractivity contribution < 1.29 is 14.6 Å². The molecule has 0 aromatic carbocycles. The molecule has 5 nitrogen and oxygen atoms in total. The van der Waals surface area contributed by atoms with Gasteiger partial charge in [0.15, 0.2) is 0 Å². The maximum Gasteiger partial charge on any atom is 0.236 e. The molecule has 9 spiro atoms. The number of aliphatic hydroxyl groups excluding tert-OH is 1. The molecule has 0 aromatic heterocycles. The highest BCUT2D eigenvalue weighted by molar-refractivity contribution is 7.99. The molecular weight excluding hydrogens is 540 g/mol. The van der Waals surface area contributed by atoms with Crippen LogP contribution in [0.25, 0.3) is 0 Å². The molecule has 0 heterocycles. The van der Waals surface area contributed by atoms with Gasteiger partial charge in [-0.2, -0.15) is 11.8 Å². The van der Waals surface area contributed by atoms with Gasteiger partial charge < -0.3 is 20.9 Å². The fraction of sp³-hybridized carbons (Fsp3) is 0.861. The van der Waals surface area contributed by atoms with Crippen molar-refractivity contribution in [1.82, 2.24) is 5.32 Å². The molecule has 0 aromatic rings. The molecular formula is C36H42N2O3S. The lowest BCUT2D eigenvalue weighted by atomic mass is 8.70. The number of fused-ring (bicyclic) bond motifs is 5. The number of allylic oxidation sites excluding steroid dienone is 3. The van der Waals surface area contributed by atoms with Gasteiger partial charge in [-0.15, -0.1) is 0 Å². The predicted octanol–water partition coefficient (Wildman–Crippen LogP) is 3.67. The average molecular weight is 583 g/mol. The number of hydrogen-bond donors (Lipinski definition) is 3. The van der Waals surface area contributed by atoms with Gasteiger partial charge in [-0.05, 0) is 112 Å². The van der Waals surface area contributed by atoms with Crippen LogP contribution in [-0.2, 0) is 9.53 Å². The van der Waals surface area contributed by atoms with E-state index in [4.69, 9.17) is 10.5 Å². The Hall–Kier alpha value is -0.820. The molecule has 12 fully saturated rings. The van der Waals surface area contributed by atoms with Gasteiger partial charge in [0.05, 0.1) is 24.4 Å². The Bertz CT molecular complexity index is 1680. The first-order chi connectivity index (χ1) is 20.3. The molecule has 0 aliphatic heterocycles. The topological polar surface area (TPSA) is 84.6 Å². The summed E-state index contributed by atoms with van der Waals surface area (Å²) in [6, 6.07) is -0.461. The number of ether oxygens (including phenoxy) is 1. The Labute approximate surface area is 251 Å². The van der Waals surface area contributed by atoms with Crippen molar-refractivity contribution in [3.63, 3.8) is 0 Å². The second-order valence-corrected chi connectivity index (χ2v) is 19.5. The van der Waals surface area contributed by atoms with E-state index in [0.29, 0.717) is 52.4 Å². The Morgan fingerprint density at radius 2 is 2.12 bits per heavy atom. The van der Waals surface area contributed by atoms with E-state index in [1.165, 1.54) is 12.8 Å². The van der Waals surface area contributed by atoms with E-state index < -0.39 is 12.1 Å². The minimum atomic E-state index is -0.464. The van der Waals surface area contributed by atoms with Crippen LogP contribution >= 0.6 is 11.8 Å². The fourth-order valence-corrected chi connectivity index (χ4v) is 22.8. The first-order valence-corrected chi connectivity index (χ1v) is 18.8. The van der Waals surface area contributed by atoms with Crippen LogP contribution in [0.2, 0.25) is 0 Å². The van der Waals surface area contributed by atoms with Crippen LogP contribution < -0.4 is 11.1 Å². The highest BCUT2D eigenvalue weighted by Crippen LogP contribution is 3.46. The zero-order chi connectivity index (χ0) is 27.7. The smallest absolute Gasteiger partial charge is 0.236 e. The lowest BCUT2D eigenvalue weighted by Crippen LogP contribution is -3.32. The van der Waals surface area contributed by atoms with Gasteiger partial charge in [-0.3, -0.25) is 4.79 Å². The largest absolute Gasteiger partial charge is 0.390 e. The molecule has 4 N–H and O–H groups in total. The Morgan fingerprint density at radius 1 is 1.24 bits per heavy atom. The lowest BCUT2D eigenvalue weighted by Gasteiger charge is -3.32. The second-order valence-electron chi connectivity index (χ2n) is 18.4. The van der Waals surface area contributed by atoms with Gasteiger partial charge in [-0.25, -0.2) is 0 Å². The molecule has 17 unspecified atom stereocenters. The van der Waals surface area contributed by atoms with Crippen LogP contribution in [0.4, 0.5) is 0 Å². The van der Waals surface area contributed by atoms with E-state index in [2.05, 4.69) is 37.4 Å². The van der Waals surface area contributed by atoms with Gasteiger partial charge in [0, 0.05) is 28.5 Å². The lowest BCUT2D eigenvalue weighted by molar-refractivity contribution is -0.874. The van der Waals surface area contributed by atoms with Crippen molar-refractivity contribution in [2.24, 2.45) is 89.5 Å². The third-order valence-electron chi connectivity index (χ3n) is 20.2. The van der Waals surface area contributed by atoms with Crippen molar-refractivity contribution >= 4 is 17.7 Å². The number of hydrogen-bond acceptors (Lipinski definition) is 5. The molecule has 0 saturated heterocycles. The summed E-state index contributed by atoms with van der Waals surface area (Å²) in [6.45, 7) is 6.06. The molecule has 220 valence electrons. The van der Waals surface area contributed by atoms with Crippen LogP contribution in [-0.4, -0.2) is 53.4 Å². The van der Waals surface area contributed by atoms with Crippen molar-refractivity contribution in [2.75, 3.05) is 24.7 Å². The van der Waals surface area contributed by atoms with E-state index in [9.17, 15) is 9.90 Å². The first-order valence-electron chi connectivity index (χ1n) is 17.7. The van der Waals surface area contributed by atoms with Crippen LogP contribution in [0.5, 0.6) is 0 Å². The Morgan fingerprint density at radius 3 is 2.98 bits per heavy atom. The number of rotatable bonds is 12. The third kappa shape index (κ3) is 1.08. The van der Waals surface area contributed by atoms with E-state index in [1.54, 1.807) is 18.2 Å². The standard InChI is InChI=1S/C36H42N2O3S/c1-3-4-9-38-25(40)20(37)6-10-42-15-17(39)14-41-28-8-5-7-27-11-18-22-24-23-19-12-29-26(28,2)34-21(28)13-30(27,34)31(16-27)33(18,22)35(24,32(19,23)29)36(29,31)34/h5,7,11,17,19-24,39H,3-4,6,8-10,12-16,37H2,1-2H3,(H,38,40)/b7-5-/t17?,19-,20?,21?,22?,23?,24?,26?,27?,28?,29?,30?,31?,32?,33?,34?,35?,36?/m0/s1. The van der Waals surface area contributed by atoms with Crippen molar-refractivity contribution in [3.05, 3.63) is 23.8 Å². The summed E-state index contributed by atoms with van der Waals surface area (Å²) in [5.41, 5.74) is 14.3. The molecule has 0 radical (unpaired) electrons. The predicted molar refractivity (Wildman–Crippen MR) is 156 cm³/mol. The van der Waals surface area contributed by atoms with Gasteiger partial charge in [0.1, 0.15) is 0 Å². The summed E-state index contributed by atoms with van der Waals surface area (Å²) in [6.07, 6.45) is 16.1. The monoisotopic (exact) mass is 582 g/mol. The maximum atomic E-state index is 12.2. The summed E-state index contributed by atoms with van der Waals surface area (Å²) < 4.78 is 7.26. The van der Waals surface area contributed by atoms with Crippen molar-refractivity contribution in [2.45, 2.75) is 76.5 Å². The molecule has 14 aliphatic carbocycles. The number of amides is 1. The first kappa shape index (κ1) is 22.6. The molecule has 1 amide bonds. The number of thioether (sulfide) groups is 1. The van der Waals surface area contributed by atoms with E-state index in [-0.39, 0.29) is 11.5 Å². The quantitative estimate of drug-likeness (QED) is 0.242. The number of nitrogens with two attached hydrogens (primary N) is 1. The second kappa shape index (κ2) is 5.17. The maximum absolute atomic E-state index is 12.2. The van der Waals surface area contributed by atoms with Crippen LogP contribution in [0, 0.1) is 83.7 Å². The zero-order valence-corrected chi connectivity index (χ0v) is 25.6. The summed E-state index contributed by atoms with van der Waals surface area (Å²) in [7, 11) is 0. The minimum absolute atomic E-state index is 0.0445. The molecule has 12 saturated carbocycles. The third-order valence-corrected chi connectivity index (χ3v) is 21.3. The summed E-state index contributed by atoms with van der Waals surface area (Å²) >= 11 is 1.72. The highest BCUT2D eigenvalue weighted by Gasteiger charge is 3.44. The number of unbranched alkanes of at least 4 members (excludes halogenated alkanes) is 1. The average Bonchev–Trinajstić information content (AvgIpc) is 3.72. The molecule has 14 aliphatic rings. The molecule has 6 heteroatoms. The van der Waals surface area contributed by atoms with E-state index in [0.717, 1.165) is 81.7 Å². The zero-order valence-electron chi connectivity index (χ0n) is 24.8. The summed E-state index contributed by atoms with van der Waals surface area (Å²) in [5, 5.41) is 14.1. The van der Waals surface area contributed by atoms with Crippen LogP contribution in [0.1, 0.15) is 58.8 Å². The molecule has 42 heavy (non-hydrogen) atoms. The summed E-state index contributed by atoms with van der Waals surface area (Å²) in [4.78, 5) is 12.2. The number of carbonyl (C=O) groups is 1. The Balaban J connectivity index is 0.760. The normalized spacial score (nSPS) is 74.3. The van der Waals surface area contributed by atoms with Crippen LogP contribution in [0.3, 0.4) is 0 Å². The van der Waals surface area contributed by atoms with E-state index in [1.807, 2.05) is 5.57 Å².